The third-order valence-electron chi connectivity index (χ3n) is 3.00. The molecule has 1 N–H and O–H groups in total. The van der Waals surface area contributed by atoms with Crippen LogP contribution in [0.5, 0.6) is 0 Å². The zero-order valence-corrected chi connectivity index (χ0v) is 11.4. The number of carbonyl (C=O) groups is 1. The molecule has 0 atom stereocenters. The van der Waals surface area contributed by atoms with Gasteiger partial charge < -0.3 is 5.32 Å². The minimum Gasteiger partial charge on any atom is -0.325 e. The molecule has 0 aromatic heterocycles. The van der Waals surface area contributed by atoms with Crippen molar-refractivity contribution in [1.82, 2.24) is 0 Å². The molecule has 102 valence electrons. The van der Waals surface area contributed by atoms with Gasteiger partial charge in [-0.3, -0.25) is 4.79 Å². The molecule has 0 spiro atoms. The Balaban J connectivity index is 2.83. The van der Waals surface area contributed by atoms with E-state index in [1.807, 2.05) is 19.9 Å². The molecule has 0 aliphatic heterocycles. The standard InChI is InChI=1S/C15H19FN2O/c1-3-5-11(6-4-2)15(19)18-14-8-7-13(16)9-12(14)10-17/h7-9,11H,3-6H2,1-2H3,(H,18,19). The van der Waals surface area contributed by atoms with E-state index >= 15 is 0 Å². The van der Waals surface area contributed by atoms with E-state index in [9.17, 15) is 9.18 Å². The summed E-state index contributed by atoms with van der Waals surface area (Å²) in [5, 5.41) is 11.7. The molecule has 1 aromatic rings. The third-order valence-corrected chi connectivity index (χ3v) is 3.00. The van der Waals surface area contributed by atoms with Crippen molar-refractivity contribution in [3.05, 3.63) is 29.6 Å². The molecule has 0 heterocycles. The Morgan fingerprint density at radius 1 is 1.37 bits per heavy atom. The lowest BCUT2D eigenvalue weighted by Crippen LogP contribution is -2.23. The maximum atomic E-state index is 13.0. The first kappa shape index (κ1) is 15.2. The van der Waals surface area contributed by atoms with Gasteiger partial charge in [-0.1, -0.05) is 26.7 Å². The van der Waals surface area contributed by atoms with Gasteiger partial charge in [0.05, 0.1) is 11.3 Å². The Bertz CT molecular complexity index is 474. The van der Waals surface area contributed by atoms with Crippen LogP contribution in [0.15, 0.2) is 18.2 Å². The highest BCUT2D eigenvalue weighted by Gasteiger charge is 2.17. The van der Waals surface area contributed by atoms with Crippen LogP contribution in [0.4, 0.5) is 10.1 Å². The Labute approximate surface area is 113 Å². The molecule has 1 aromatic carbocycles. The fraction of sp³-hybridized carbons (Fsp3) is 0.467. The van der Waals surface area contributed by atoms with E-state index in [1.165, 1.54) is 12.1 Å². The maximum absolute atomic E-state index is 13.0. The zero-order chi connectivity index (χ0) is 14.3. The molecule has 0 aliphatic rings. The van der Waals surface area contributed by atoms with Gasteiger partial charge in [0.25, 0.3) is 0 Å². The van der Waals surface area contributed by atoms with Crippen molar-refractivity contribution in [2.75, 3.05) is 5.32 Å². The van der Waals surface area contributed by atoms with Crippen molar-refractivity contribution in [3.8, 4) is 6.07 Å². The van der Waals surface area contributed by atoms with Crippen LogP contribution in [-0.2, 0) is 4.79 Å². The van der Waals surface area contributed by atoms with Crippen LogP contribution < -0.4 is 5.32 Å². The summed E-state index contributed by atoms with van der Waals surface area (Å²) < 4.78 is 13.0. The lowest BCUT2D eigenvalue weighted by Gasteiger charge is -2.15. The number of anilines is 1. The molecule has 0 fully saturated rings. The first-order chi connectivity index (χ1) is 9.12. The minimum absolute atomic E-state index is 0.0494. The normalized spacial score (nSPS) is 10.3. The number of nitrogens with zero attached hydrogens (tertiary/aromatic N) is 1. The summed E-state index contributed by atoms with van der Waals surface area (Å²) in [5.41, 5.74) is 0.534. The molecular formula is C15H19FN2O. The second-order valence-corrected chi connectivity index (χ2v) is 4.57. The summed E-state index contributed by atoms with van der Waals surface area (Å²) in [6, 6.07) is 5.69. The number of halogens is 1. The lowest BCUT2D eigenvalue weighted by atomic mass is 9.97. The molecule has 0 bridgehead atoms. The van der Waals surface area contributed by atoms with E-state index < -0.39 is 5.82 Å². The Morgan fingerprint density at radius 3 is 2.53 bits per heavy atom. The molecule has 1 amide bonds. The average Bonchev–Trinajstić information content (AvgIpc) is 2.40. The molecule has 1 rings (SSSR count). The van der Waals surface area contributed by atoms with Gasteiger partial charge in [0.15, 0.2) is 0 Å². The van der Waals surface area contributed by atoms with Gasteiger partial charge in [-0.2, -0.15) is 5.26 Å². The molecule has 0 radical (unpaired) electrons. The van der Waals surface area contributed by atoms with Gasteiger partial charge >= 0.3 is 0 Å². The lowest BCUT2D eigenvalue weighted by molar-refractivity contribution is -0.120. The highest BCUT2D eigenvalue weighted by atomic mass is 19.1. The van der Waals surface area contributed by atoms with E-state index in [0.717, 1.165) is 31.7 Å². The van der Waals surface area contributed by atoms with Gasteiger partial charge in [-0.25, -0.2) is 4.39 Å². The Morgan fingerprint density at radius 2 is 2.00 bits per heavy atom. The number of rotatable bonds is 6. The molecule has 0 unspecified atom stereocenters. The SMILES string of the molecule is CCCC(CCC)C(=O)Nc1ccc(F)cc1C#N. The summed E-state index contributed by atoms with van der Waals surface area (Å²) >= 11 is 0. The van der Waals surface area contributed by atoms with Crippen molar-refractivity contribution < 1.29 is 9.18 Å². The minimum atomic E-state index is -0.479. The average molecular weight is 262 g/mol. The van der Waals surface area contributed by atoms with Crippen LogP contribution in [0, 0.1) is 23.1 Å². The summed E-state index contributed by atoms with van der Waals surface area (Å²) in [6.45, 7) is 4.07. The maximum Gasteiger partial charge on any atom is 0.227 e. The summed E-state index contributed by atoms with van der Waals surface area (Å²) in [4.78, 5) is 12.1. The second-order valence-electron chi connectivity index (χ2n) is 4.57. The Kier molecular flexibility index (Phi) is 6.01. The van der Waals surface area contributed by atoms with E-state index in [0.29, 0.717) is 5.69 Å². The monoisotopic (exact) mass is 262 g/mol. The molecule has 0 saturated carbocycles. The Hall–Kier alpha value is -1.89. The van der Waals surface area contributed by atoms with Crippen LogP contribution in [0.1, 0.15) is 45.1 Å². The van der Waals surface area contributed by atoms with Crippen LogP contribution in [0.2, 0.25) is 0 Å². The van der Waals surface area contributed by atoms with E-state index in [2.05, 4.69) is 5.32 Å². The number of nitriles is 1. The number of nitrogens with one attached hydrogen (secondary N) is 1. The molecule has 4 heteroatoms. The van der Waals surface area contributed by atoms with Crippen LogP contribution in [0.3, 0.4) is 0 Å². The van der Waals surface area contributed by atoms with Crippen LogP contribution >= 0.6 is 0 Å². The highest BCUT2D eigenvalue weighted by molar-refractivity contribution is 5.93. The number of carbonyl (C=O) groups excluding carboxylic acids is 1. The predicted octanol–water partition coefficient (Wildman–Crippen LogP) is 3.85. The molecule has 0 saturated heterocycles. The fourth-order valence-electron chi connectivity index (χ4n) is 2.06. The third kappa shape index (κ3) is 4.36. The van der Waals surface area contributed by atoms with Crippen LogP contribution in [0.25, 0.3) is 0 Å². The second kappa shape index (κ2) is 7.52. The number of hydrogen-bond donors (Lipinski definition) is 1. The van der Waals surface area contributed by atoms with E-state index in [1.54, 1.807) is 0 Å². The van der Waals surface area contributed by atoms with Crippen LogP contribution in [-0.4, -0.2) is 5.91 Å². The van der Waals surface area contributed by atoms with Crippen molar-refractivity contribution >= 4 is 11.6 Å². The predicted molar refractivity (Wildman–Crippen MR) is 73.1 cm³/mol. The molecule has 0 aliphatic carbocycles. The molecule has 3 nitrogen and oxygen atoms in total. The van der Waals surface area contributed by atoms with E-state index in [4.69, 9.17) is 5.26 Å². The largest absolute Gasteiger partial charge is 0.325 e. The van der Waals surface area contributed by atoms with Gasteiger partial charge in [-0.05, 0) is 31.0 Å². The van der Waals surface area contributed by atoms with Gasteiger partial charge in [0.1, 0.15) is 11.9 Å². The van der Waals surface area contributed by atoms with Gasteiger partial charge in [0.2, 0.25) is 5.91 Å². The first-order valence-corrected chi connectivity index (χ1v) is 6.62. The van der Waals surface area contributed by atoms with Gasteiger partial charge in [0, 0.05) is 5.92 Å². The van der Waals surface area contributed by atoms with Crippen molar-refractivity contribution in [2.45, 2.75) is 39.5 Å². The quantitative estimate of drug-likeness (QED) is 0.846. The summed E-state index contributed by atoms with van der Waals surface area (Å²) in [6.07, 6.45) is 3.52. The summed E-state index contributed by atoms with van der Waals surface area (Å²) in [7, 11) is 0. The van der Waals surface area contributed by atoms with Crippen molar-refractivity contribution in [3.63, 3.8) is 0 Å². The van der Waals surface area contributed by atoms with Crippen molar-refractivity contribution in [1.29, 1.82) is 5.26 Å². The highest BCUT2D eigenvalue weighted by Crippen LogP contribution is 2.20. The number of benzene rings is 1. The molecular weight excluding hydrogens is 243 g/mol. The zero-order valence-electron chi connectivity index (χ0n) is 11.4. The molecule has 19 heavy (non-hydrogen) atoms. The fourth-order valence-corrected chi connectivity index (χ4v) is 2.06. The topological polar surface area (TPSA) is 52.9 Å². The van der Waals surface area contributed by atoms with E-state index in [-0.39, 0.29) is 17.4 Å². The first-order valence-electron chi connectivity index (χ1n) is 6.62. The summed E-state index contributed by atoms with van der Waals surface area (Å²) in [5.74, 6) is -0.619. The van der Waals surface area contributed by atoms with Gasteiger partial charge in [-0.15, -0.1) is 0 Å². The number of amides is 1. The van der Waals surface area contributed by atoms with Crippen molar-refractivity contribution in [2.24, 2.45) is 5.92 Å². The number of hydrogen-bond acceptors (Lipinski definition) is 2. The smallest absolute Gasteiger partial charge is 0.227 e.